The van der Waals surface area contributed by atoms with Crippen molar-refractivity contribution in [1.82, 2.24) is 4.98 Å². The maximum atomic E-state index is 13.0. The second kappa shape index (κ2) is 9.28. The lowest BCUT2D eigenvalue weighted by Crippen LogP contribution is -2.16. The number of hydrogen-bond acceptors (Lipinski definition) is 3. The SMILES string of the molecule is C=C1C=C(Cc2c(=O)[nH]c(CC)c3cc(OC)c(OC)cc23)/C=C\C/C=C\C=C/1. The summed E-state index contributed by atoms with van der Waals surface area (Å²) in [6.07, 6.45) is 16.3. The molecule has 150 valence electrons. The Bertz CT molecular complexity index is 1100. The fraction of sp³-hybridized carbons (Fsp3) is 0.240. The number of allylic oxidation sites excluding steroid dienone is 9. The number of aryl methyl sites for hydroxylation is 1. The van der Waals surface area contributed by atoms with Crippen LogP contribution in [-0.4, -0.2) is 19.2 Å². The third-order valence-corrected chi connectivity index (χ3v) is 4.98. The van der Waals surface area contributed by atoms with E-state index >= 15 is 0 Å². The van der Waals surface area contributed by atoms with E-state index in [2.05, 4.69) is 29.8 Å². The van der Waals surface area contributed by atoms with Gasteiger partial charge < -0.3 is 14.5 Å². The lowest BCUT2D eigenvalue weighted by atomic mass is 9.96. The topological polar surface area (TPSA) is 51.3 Å². The minimum absolute atomic E-state index is 0.0750. The van der Waals surface area contributed by atoms with Crippen LogP contribution in [0.25, 0.3) is 10.8 Å². The highest BCUT2D eigenvalue weighted by molar-refractivity contribution is 5.90. The minimum Gasteiger partial charge on any atom is -0.493 e. The maximum Gasteiger partial charge on any atom is 0.252 e. The molecule has 29 heavy (non-hydrogen) atoms. The number of benzene rings is 1. The van der Waals surface area contributed by atoms with Crippen molar-refractivity contribution in [2.45, 2.75) is 26.2 Å². The molecule has 3 rings (SSSR count). The number of nitrogens with one attached hydrogen (secondary N) is 1. The molecule has 0 fully saturated rings. The van der Waals surface area contributed by atoms with Crippen LogP contribution in [-0.2, 0) is 12.8 Å². The van der Waals surface area contributed by atoms with Gasteiger partial charge in [-0.15, -0.1) is 0 Å². The molecule has 4 nitrogen and oxygen atoms in total. The van der Waals surface area contributed by atoms with Crippen LogP contribution in [0.1, 0.15) is 24.6 Å². The van der Waals surface area contributed by atoms with Crippen molar-refractivity contribution in [3.8, 4) is 11.5 Å². The van der Waals surface area contributed by atoms with E-state index in [0.717, 1.165) is 40.5 Å². The van der Waals surface area contributed by atoms with Gasteiger partial charge in [0.2, 0.25) is 0 Å². The molecule has 0 saturated carbocycles. The van der Waals surface area contributed by atoms with Crippen LogP contribution >= 0.6 is 0 Å². The van der Waals surface area contributed by atoms with Gasteiger partial charge in [-0.2, -0.15) is 0 Å². The predicted molar refractivity (Wildman–Crippen MR) is 120 cm³/mol. The van der Waals surface area contributed by atoms with E-state index in [1.807, 2.05) is 43.4 Å². The van der Waals surface area contributed by atoms with Gasteiger partial charge in [0, 0.05) is 23.1 Å². The average Bonchev–Trinajstić information content (AvgIpc) is 2.73. The second-order valence-corrected chi connectivity index (χ2v) is 6.91. The summed E-state index contributed by atoms with van der Waals surface area (Å²) in [6.45, 7) is 6.11. The molecule has 1 aromatic heterocycles. The molecule has 0 bridgehead atoms. The monoisotopic (exact) mass is 389 g/mol. The number of ether oxygens (including phenoxy) is 2. The Morgan fingerprint density at radius 2 is 1.76 bits per heavy atom. The fourth-order valence-corrected chi connectivity index (χ4v) is 3.52. The van der Waals surface area contributed by atoms with E-state index in [9.17, 15) is 4.79 Å². The Morgan fingerprint density at radius 3 is 2.45 bits per heavy atom. The average molecular weight is 389 g/mol. The van der Waals surface area contributed by atoms with E-state index in [-0.39, 0.29) is 5.56 Å². The van der Waals surface area contributed by atoms with Crippen molar-refractivity contribution >= 4 is 10.8 Å². The number of aromatic amines is 1. The standard InChI is InChI=1S/C25H27NO3/c1-5-22-20-16-24(29-4)23(28-3)15-19(20)21(25(27)26-22)14-18-12-10-8-6-7-9-11-17(2)13-18/h6-7,9-13,15-16H,2,5,8,14H2,1,3-4H3,(H,26,27)/b7-6-,11-9-,12-10-,18-13?. The van der Waals surface area contributed by atoms with Gasteiger partial charge in [-0.1, -0.05) is 56.0 Å². The van der Waals surface area contributed by atoms with Gasteiger partial charge in [0.25, 0.3) is 5.56 Å². The third kappa shape index (κ3) is 4.60. The summed E-state index contributed by atoms with van der Waals surface area (Å²) < 4.78 is 11.0. The van der Waals surface area contributed by atoms with Crippen LogP contribution in [0, 0.1) is 0 Å². The molecule has 1 aromatic carbocycles. The van der Waals surface area contributed by atoms with Crippen molar-refractivity contribution in [1.29, 1.82) is 0 Å². The summed E-state index contributed by atoms with van der Waals surface area (Å²) in [4.78, 5) is 16.0. The summed E-state index contributed by atoms with van der Waals surface area (Å²) >= 11 is 0. The Balaban J connectivity index is 2.18. The molecule has 1 heterocycles. The molecule has 0 aliphatic heterocycles. The molecule has 0 amide bonds. The Kier molecular flexibility index (Phi) is 6.55. The van der Waals surface area contributed by atoms with E-state index < -0.39 is 0 Å². The molecular weight excluding hydrogens is 362 g/mol. The van der Waals surface area contributed by atoms with Gasteiger partial charge in [0.15, 0.2) is 11.5 Å². The molecule has 1 aliphatic carbocycles. The highest BCUT2D eigenvalue weighted by Gasteiger charge is 2.15. The lowest BCUT2D eigenvalue weighted by Gasteiger charge is -2.15. The fourth-order valence-electron chi connectivity index (χ4n) is 3.52. The molecule has 2 aromatic rings. The van der Waals surface area contributed by atoms with Gasteiger partial charge in [-0.3, -0.25) is 4.79 Å². The van der Waals surface area contributed by atoms with Crippen LogP contribution in [0.5, 0.6) is 11.5 Å². The second-order valence-electron chi connectivity index (χ2n) is 6.91. The van der Waals surface area contributed by atoms with Crippen molar-refractivity contribution < 1.29 is 9.47 Å². The van der Waals surface area contributed by atoms with Crippen LogP contribution < -0.4 is 15.0 Å². The number of aromatic nitrogens is 1. The van der Waals surface area contributed by atoms with E-state index in [1.54, 1.807) is 14.2 Å². The molecule has 1 aliphatic rings. The molecule has 0 radical (unpaired) electrons. The van der Waals surface area contributed by atoms with Crippen LogP contribution in [0.4, 0.5) is 0 Å². The summed E-state index contributed by atoms with van der Waals surface area (Å²) in [6, 6.07) is 3.84. The first-order chi connectivity index (χ1) is 14.1. The third-order valence-electron chi connectivity index (χ3n) is 4.98. The highest BCUT2D eigenvalue weighted by Crippen LogP contribution is 2.34. The lowest BCUT2D eigenvalue weighted by molar-refractivity contribution is 0.356. The number of fused-ring (bicyclic) bond motifs is 1. The maximum absolute atomic E-state index is 13.0. The minimum atomic E-state index is -0.0750. The van der Waals surface area contributed by atoms with Gasteiger partial charge in [0.05, 0.1) is 14.2 Å². The predicted octanol–water partition coefficient (Wildman–Crippen LogP) is 5.21. The zero-order chi connectivity index (χ0) is 20.8. The summed E-state index contributed by atoms with van der Waals surface area (Å²) in [7, 11) is 3.22. The van der Waals surface area contributed by atoms with Crippen molar-refractivity contribution in [3.05, 3.63) is 94.0 Å². The number of methoxy groups -OCH3 is 2. The zero-order valence-electron chi connectivity index (χ0n) is 17.2. The van der Waals surface area contributed by atoms with Crippen molar-refractivity contribution in [3.63, 3.8) is 0 Å². The summed E-state index contributed by atoms with van der Waals surface area (Å²) in [5.41, 5.74) is 3.44. The molecule has 4 heteroatoms. The van der Waals surface area contributed by atoms with Gasteiger partial charge in [-0.05, 0) is 41.5 Å². The van der Waals surface area contributed by atoms with Crippen LogP contribution in [0.3, 0.4) is 0 Å². The first kappa shape index (κ1) is 20.5. The molecule has 1 N–H and O–H groups in total. The molecule has 0 unspecified atom stereocenters. The van der Waals surface area contributed by atoms with Gasteiger partial charge >= 0.3 is 0 Å². The van der Waals surface area contributed by atoms with Gasteiger partial charge in [0.1, 0.15) is 0 Å². The van der Waals surface area contributed by atoms with Crippen molar-refractivity contribution in [2.75, 3.05) is 14.2 Å². The Hall–Kier alpha value is -3.27. The number of rotatable bonds is 5. The zero-order valence-corrected chi connectivity index (χ0v) is 17.2. The number of hydrogen-bond donors (Lipinski definition) is 1. The summed E-state index contributed by atoms with van der Waals surface area (Å²) in [5.74, 6) is 1.26. The molecule has 0 atom stereocenters. The molecule has 0 spiro atoms. The first-order valence-corrected chi connectivity index (χ1v) is 9.76. The van der Waals surface area contributed by atoms with Gasteiger partial charge in [-0.25, -0.2) is 0 Å². The van der Waals surface area contributed by atoms with E-state index in [1.165, 1.54) is 0 Å². The number of pyridine rings is 1. The smallest absolute Gasteiger partial charge is 0.252 e. The molecule has 0 saturated heterocycles. The Morgan fingerprint density at radius 1 is 1.03 bits per heavy atom. The Labute approximate surface area is 171 Å². The van der Waals surface area contributed by atoms with E-state index in [4.69, 9.17) is 9.47 Å². The van der Waals surface area contributed by atoms with Crippen LogP contribution in [0.2, 0.25) is 0 Å². The van der Waals surface area contributed by atoms with E-state index in [0.29, 0.717) is 23.5 Å². The first-order valence-electron chi connectivity index (χ1n) is 9.76. The largest absolute Gasteiger partial charge is 0.493 e. The molecular formula is C25H27NO3. The van der Waals surface area contributed by atoms with Crippen LogP contribution in [0.15, 0.2) is 77.2 Å². The normalized spacial score (nSPS) is 17.5. The van der Waals surface area contributed by atoms with Crippen molar-refractivity contribution in [2.24, 2.45) is 0 Å². The summed E-state index contributed by atoms with van der Waals surface area (Å²) in [5, 5.41) is 1.86. The highest BCUT2D eigenvalue weighted by atomic mass is 16.5. The quantitative estimate of drug-likeness (QED) is 0.764. The number of H-pyrrole nitrogens is 1.